The Morgan fingerprint density at radius 2 is 2.15 bits per heavy atom. The van der Waals surface area contributed by atoms with E-state index in [1.807, 2.05) is 7.05 Å². The highest BCUT2D eigenvalue weighted by Crippen LogP contribution is 2.49. The maximum Gasteiger partial charge on any atom is 0.226 e. The van der Waals surface area contributed by atoms with Gasteiger partial charge in [-0.1, -0.05) is 28.1 Å². The molecular formula is C16H21BrN2O. The van der Waals surface area contributed by atoms with E-state index in [1.54, 1.807) is 0 Å². The number of halogens is 1. The summed E-state index contributed by atoms with van der Waals surface area (Å²) in [5, 5.41) is 3.20. The van der Waals surface area contributed by atoms with Gasteiger partial charge < -0.3 is 10.2 Å². The molecule has 3 atom stereocenters. The predicted molar refractivity (Wildman–Crippen MR) is 83.7 cm³/mol. The molecule has 0 aromatic heterocycles. The molecule has 4 heteroatoms. The average molecular weight is 337 g/mol. The number of nitrogens with one attached hydrogen (secondary N) is 1. The number of likely N-dealkylation sites (tertiary alicyclic amines) is 1. The zero-order valence-corrected chi connectivity index (χ0v) is 13.4. The number of hydrogen-bond acceptors (Lipinski definition) is 2. The van der Waals surface area contributed by atoms with Crippen LogP contribution in [0.1, 0.15) is 30.7 Å². The zero-order valence-electron chi connectivity index (χ0n) is 11.8. The van der Waals surface area contributed by atoms with Crippen molar-refractivity contribution in [2.24, 2.45) is 5.92 Å². The molecule has 20 heavy (non-hydrogen) atoms. The van der Waals surface area contributed by atoms with Crippen molar-refractivity contribution in [3.63, 3.8) is 0 Å². The highest BCUT2D eigenvalue weighted by atomic mass is 79.9. The van der Waals surface area contributed by atoms with Gasteiger partial charge >= 0.3 is 0 Å². The molecule has 0 radical (unpaired) electrons. The summed E-state index contributed by atoms with van der Waals surface area (Å²) in [7, 11) is 1.96. The van der Waals surface area contributed by atoms with Crippen LogP contribution in [-0.2, 0) is 4.79 Å². The lowest BCUT2D eigenvalue weighted by Crippen LogP contribution is -2.41. The molecule has 1 aliphatic carbocycles. The normalized spacial score (nSPS) is 28.7. The van der Waals surface area contributed by atoms with Gasteiger partial charge in [0, 0.05) is 29.5 Å². The fourth-order valence-electron chi connectivity index (χ4n) is 3.33. The topological polar surface area (TPSA) is 32.3 Å². The predicted octanol–water partition coefficient (Wildman–Crippen LogP) is 2.76. The molecule has 1 saturated heterocycles. The minimum Gasteiger partial charge on any atom is -0.338 e. The van der Waals surface area contributed by atoms with Gasteiger partial charge in [-0.25, -0.2) is 0 Å². The first-order valence-electron chi connectivity index (χ1n) is 7.41. The Hall–Kier alpha value is -0.870. The smallest absolute Gasteiger partial charge is 0.226 e. The van der Waals surface area contributed by atoms with Crippen molar-refractivity contribution < 1.29 is 4.79 Å². The lowest BCUT2D eigenvalue weighted by atomic mass is 10.1. The Balaban J connectivity index is 1.63. The van der Waals surface area contributed by atoms with Crippen LogP contribution in [0.25, 0.3) is 0 Å². The van der Waals surface area contributed by atoms with E-state index in [0.717, 1.165) is 36.8 Å². The molecule has 2 fully saturated rings. The van der Waals surface area contributed by atoms with Crippen LogP contribution in [-0.4, -0.2) is 37.0 Å². The molecule has 3 rings (SSSR count). The summed E-state index contributed by atoms with van der Waals surface area (Å²) in [6.45, 7) is 1.86. The summed E-state index contributed by atoms with van der Waals surface area (Å²) in [4.78, 5) is 14.7. The third kappa shape index (κ3) is 2.77. The molecule has 1 N–H and O–H groups in total. The average Bonchev–Trinajstić information content (AvgIpc) is 3.11. The van der Waals surface area contributed by atoms with E-state index < -0.39 is 0 Å². The maximum absolute atomic E-state index is 12.6. The number of carbonyl (C=O) groups is 1. The van der Waals surface area contributed by atoms with E-state index in [2.05, 4.69) is 50.4 Å². The summed E-state index contributed by atoms with van der Waals surface area (Å²) >= 11 is 3.46. The van der Waals surface area contributed by atoms with Crippen LogP contribution < -0.4 is 5.32 Å². The van der Waals surface area contributed by atoms with Crippen molar-refractivity contribution in [3.05, 3.63) is 34.3 Å². The molecule has 1 heterocycles. The quantitative estimate of drug-likeness (QED) is 0.916. The summed E-state index contributed by atoms with van der Waals surface area (Å²) in [6, 6.07) is 8.80. The van der Waals surface area contributed by atoms with Gasteiger partial charge in [-0.15, -0.1) is 0 Å². The number of likely N-dealkylation sites (N-methyl/N-ethyl adjacent to an activating group) is 1. The van der Waals surface area contributed by atoms with Crippen LogP contribution in [0.4, 0.5) is 0 Å². The molecular weight excluding hydrogens is 316 g/mol. The number of hydrogen-bond donors (Lipinski definition) is 1. The van der Waals surface area contributed by atoms with Gasteiger partial charge in [-0.3, -0.25) is 4.79 Å². The summed E-state index contributed by atoms with van der Waals surface area (Å²) in [5.41, 5.74) is 1.30. The second kappa shape index (κ2) is 5.86. The number of rotatable bonds is 4. The first-order chi connectivity index (χ1) is 9.70. The van der Waals surface area contributed by atoms with E-state index in [-0.39, 0.29) is 5.92 Å². The molecule has 1 amide bonds. The minimum atomic E-state index is 0.216. The van der Waals surface area contributed by atoms with E-state index in [9.17, 15) is 4.79 Å². The van der Waals surface area contributed by atoms with Crippen LogP contribution in [0.2, 0.25) is 0 Å². The fourth-order valence-corrected chi connectivity index (χ4v) is 3.60. The Morgan fingerprint density at radius 1 is 1.40 bits per heavy atom. The second-order valence-electron chi connectivity index (χ2n) is 5.89. The molecule has 1 saturated carbocycles. The lowest BCUT2D eigenvalue weighted by molar-refractivity contribution is -0.133. The van der Waals surface area contributed by atoms with Crippen molar-refractivity contribution in [1.82, 2.24) is 10.2 Å². The van der Waals surface area contributed by atoms with E-state index >= 15 is 0 Å². The SMILES string of the molecule is CNC[C@@H]1CCCN1C(=O)[C@H]1C[C@@H]1c1ccc(Br)cc1. The van der Waals surface area contributed by atoms with Crippen molar-refractivity contribution >= 4 is 21.8 Å². The fraction of sp³-hybridized carbons (Fsp3) is 0.562. The summed E-state index contributed by atoms with van der Waals surface area (Å²) < 4.78 is 1.10. The van der Waals surface area contributed by atoms with Gasteiger partial charge in [0.05, 0.1) is 0 Å². The molecule has 108 valence electrons. The molecule has 0 bridgehead atoms. The highest BCUT2D eigenvalue weighted by Gasteiger charge is 2.47. The monoisotopic (exact) mass is 336 g/mol. The Morgan fingerprint density at radius 3 is 2.85 bits per heavy atom. The third-order valence-electron chi connectivity index (χ3n) is 4.51. The van der Waals surface area contributed by atoms with E-state index in [0.29, 0.717) is 17.9 Å². The van der Waals surface area contributed by atoms with Crippen LogP contribution in [0.5, 0.6) is 0 Å². The molecule has 1 aromatic carbocycles. The van der Waals surface area contributed by atoms with Crippen molar-refractivity contribution in [2.45, 2.75) is 31.2 Å². The van der Waals surface area contributed by atoms with Crippen LogP contribution in [0.15, 0.2) is 28.7 Å². The molecule has 2 aliphatic rings. The molecule has 0 spiro atoms. The molecule has 1 aliphatic heterocycles. The first-order valence-corrected chi connectivity index (χ1v) is 8.20. The summed E-state index contributed by atoms with van der Waals surface area (Å²) in [6.07, 6.45) is 3.30. The molecule has 1 aromatic rings. The zero-order chi connectivity index (χ0) is 14.1. The standard InChI is InChI=1S/C16H21BrN2O/c1-18-10-13-3-2-8-19(13)16(20)15-9-14(15)11-4-6-12(17)7-5-11/h4-7,13-15,18H,2-3,8-10H2,1H3/t13-,14+,15-/m0/s1. The number of amides is 1. The Labute approximate surface area is 128 Å². The van der Waals surface area contributed by atoms with E-state index in [1.165, 1.54) is 5.56 Å². The Kier molecular flexibility index (Phi) is 4.13. The van der Waals surface area contributed by atoms with Crippen molar-refractivity contribution in [3.8, 4) is 0 Å². The van der Waals surface area contributed by atoms with Crippen LogP contribution in [0.3, 0.4) is 0 Å². The van der Waals surface area contributed by atoms with Crippen molar-refractivity contribution in [2.75, 3.05) is 20.1 Å². The van der Waals surface area contributed by atoms with Gasteiger partial charge in [0.1, 0.15) is 0 Å². The second-order valence-corrected chi connectivity index (χ2v) is 6.80. The van der Waals surface area contributed by atoms with Gasteiger partial charge in [0.15, 0.2) is 0 Å². The lowest BCUT2D eigenvalue weighted by Gasteiger charge is -2.24. The van der Waals surface area contributed by atoms with Gasteiger partial charge in [-0.2, -0.15) is 0 Å². The van der Waals surface area contributed by atoms with E-state index in [4.69, 9.17) is 0 Å². The van der Waals surface area contributed by atoms with Crippen LogP contribution >= 0.6 is 15.9 Å². The number of carbonyl (C=O) groups excluding carboxylic acids is 1. The first kappa shape index (κ1) is 14.1. The van der Waals surface area contributed by atoms with Gasteiger partial charge in [-0.05, 0) is 49.9 Å². The summed E-state index contributed by atoms with van der Waals surface area (Å²) in [5.74, 6) is 1.02. The van der Waals surface area contributed by atoms with Gasteiger partial charge in [0.2, 0.25) is 5.91 Å². The minimum absolute atomic E-state index is 0.216. The molecule has 0 unspecified atom stereocenters. The maximum atomic E-state index is 12.6. The number of nitrogens with zero attached hydrogens (tertiary/aromatic N) is 1. The molecule has 3 nitrogen and oxygen atoms in total. The van der Waals surface area contributed by atoms with Gasteiger partial charge in [0.25, 0.3) is 0 Å². The third-order valence-corrected chi connectivity index (χ3v) is 5.03. The Bertz CT molecular complexity index is 488. The number of benzene rings is 1. The van der Waals surface area contributed by atoms with Crippen molar-refractivity contribution in [1.29, 1.82) is 0 Å². The highest BCUT2D eigenvalue weighted by molar-refractivity contribution is 9.10. The largest absolute Gasteiger partial charge is 0.338 e. The van der Waals surface area contributed by atoms with Crippen LogP contribution in [0, 0.1) is 5.92 Å².